The first-order chi connectivity index (χ1) is 10.7. The molecule has 0 unspecified atom stereocenters. The summed E-state index contributed by atoms with van der Waals surface area (Å²) >= 11 is 7.45. The Hall–Kier alpha value is -1.50. The normalized spacial score (nSPS) is 10.6. The van der Waals surface area contributed by atoms with Crippen LogP contribution in [0.15, 0.2) is 24.3 Å². The van der Waals surface area contributed by atoms with Gasteiger partial charge in [-0.25, -0.2) is 0 Å². The van der Waals surface area contributed by atoms with Gasteiger partial charge in [0.05, 0.1) is 5.02 Å². The first-order valence-electron chi connectivity index (χ1n) is 7.29. The number of carbonyl (C=O) groups is 1. The number of anilines is 1. The van der Waals surface area contributed by atoms with Gasteiger partial charge in [-0.15, -0.1) is 10.2 Å². The summed E-state index contributed by atoms with van der Waals surface area (Å²) in [4.78, 5) is 11.8. The van der Waals surface area contributed by atoms with Crippen molar-refractivity contribution in [1.82, 2.24) is 10.2 Å². The first kappa shape index (κ1) is 16.9. The van der Waals surface area contributed by atoms with E-state index in [2.05, 4.69) is 15.5 Å². The smallest absolute Gasteiger partial charge is 0.226 e. The second-order valence-electron chi connectivity index (χ2n) is 4.89. The molecule has 2 aromatic rings. The van der Waals surface area contributed by atoms with Gasteiger partial charge in [0.2, 0.25) is 11.0 Å². The summed E-state index contributed by atoms with van der Waals surface area (Å²) < 4.78 is 0. The van der Waals surface area contributed by atoms with E-state index in [0.717, 1.165) is 31.2 Å². The molecule has 1 heterocycles. The van der Waals surface area contributed by atoms with Crippen LogP contribution in [0.25, 0.3) is 10.6 Å². The largest absolute Gasteiger partial charge is 0.330 e. The number of aromatic nitrogens is 2. The van der Waals surface area contributed by atoms with Crippen LogP contribution in [0.4, 0.5) is 5.13 Å². The summed E-state index contributed by atoms with van der Waals surface area (Å²) in [6.07, 6.45) is 4.46. The zero-order valence-electron chi connectivity index (χ0n) is 12.2. The number of amides is 1. The molecule has 0 spiro atoms. The van der Waals surface area contributed by atoms with Crippen molar-refractivity contribution in [2.24, 2.45) is 5.73 Å². The fourth-order valence-corrected chi connectivity index (χ4v) is 3.06. The topological polar surface area (TPSA) is 80.9 Å². The SMILES string of the molecule is NCCCCCCC(=O)Nc1nnc(-c2ccccc2Cl)s1. The summed E-state index contributed by atoms with van der Waals surface area (Å²) in [5.74, 6) is -0.0328. The van der Waals surface area contributed by atoms with Crippen LogP contribution in [0.1, 0.15) is 32.1 Å². The Labute approximate surface area is 138 Å². The van der Waals surface area contributed by atoms with Crippen molar-refractivity contribution < 1.29 is 4.79 Å². The van der Waals surface area contributed by atoms with Gasteiger partial charge in [-0.2, -0.15) is 0 Å². The van der Waals surface area contributed by atoms with Crippen molar-refractivity contribution in [2.75, 3.05) is 11.9 Å². The number of hydrogen-bond acceptors (Lipinski definition) is 5. The van der Waals surface area contributed by atoms with Crippen LogP contribution < -0.4 is 11.1 Å². The first-order valence-corrected chi connectivity index (χ1v) is 8.48. The summed E-state index contributed by atoms with van der Waals surface area (Å²) in [5, 5.41) is 12.7. The van der Waals surface area contributed by atoms with E-state index < -0.39 is 0 Å². The third-order valence-electron chi connectivity index (χ3n) is 3.13. The van der Waals surface area contributed by atoms with Crippen LogP contribution in [0.2, 0.25) is 5.02 Å². The zero-order valence-corrected chi connectivity index (χ0v) is 13.8. The minimum Gasteiger partial charge on any atom is -0.330 e. The van der Waals surface area contributed by atoms with Crippen LogP contribution in [-0.4, -0.2) is 22.6 Å². The molecule has 0 aliphatic carbocycles. The summed E-state index contributed by atoms with van der Waals surface area (Å²) in [6.45, 7) is 0.710. The Bertz CT molecular complexity index is 617. The zero-order chi connectivity index (χ0) is 15.8. The van der Waals surface area contributed by atoms with Crippen LogP contribution in [-0.2, 0) is 4.79 Å². The number of benzene rings is 1. The molecule has 5 nitrogen and oxygen atoms in total. The average molecular weight is 339 g/mol. The van der Waals surface area contributed by atoms with Gasteiger partial charge in [0.1, 0.15) is 0 Å². The molecule has 1 aromatic carbocycles. The molecule has 2 rings (SSSR count). The van der Waals surface area contributed by atoms with Crippen molar-refractivity contribution in [3.05, 3.63) is 29.3 Å². The van der Waals surface area contributed by atoms with E-state index in [0.29, 0.717) is 28.1 Å². The molecule has 0 fully saturated rings. The second kappa shape index (κ2) is 8.82. The highest BCUT2D eigenvalue weighted by molar-refractivity contribution is 7.18. The number of hydrogen-bond donors (Lipinski definition) is 2. The third-order valence-corrected chi connectivity index (χ3v) is 4.34. The quantitative estimate of drug-likeness (QED) is 0.719. The second-order valence-corrected chi connectivity index (χ2v) is 6.28. The van der Waals surface area contributed by atoms with Gasteiger partial charge in [0.15, 0.2) is 5.01 Å². The van der Waals surface area contributed by atoms with Crippen molar-refractivity contribution >= 4 is 34.0 Å². The van der Waals surface area contributed by atoms with E-state index >= 15 is 0 Å². The van der Waals surface area contributed by atoms with Crippen LogP contribution in [0, 0.1) is 0 Å². The molecule has 0 bridgehead atoms. The maximum Gasteiger partial charge on any atom is 0.226 e. The number of nitrogens with one attached hydrogen (secondary N) is 1. The van der Waals surface area contributed by atoms with Gasteiger partial charge < -0.3 is 11.1 Å². The molecule has 1 aromatic heterocycles. The fraction of sp³-hybridized carbons (Fsp3) is 0.400. The maximum absolute atomic E-state index is 11.8. The van der Waals surface area contributed by atoms with Gasteiger partial charge in [-0.05, 0) is 25.5 Å². The van der Waals surface area contributed by atoms with E-state index in [9.17, 15) is 4.79 Å². The number of rotatable bonds is 8. The van der Waals surface area contributed by atoms with Gasteiger partial charge in [0, 0.05) is 12.0 Å². The molecule has 0 saturated carbocycles. The molecule has 0 aliphatic heterocycles. The van der Waals surface area contributed by atoms with Crippen molar-refractivity contribution in [3.8, 4) is 10.6 Å². The number of halogens is 1. The monoisotopic (exact) mass is 338 g/mol. The summed E-state index contributed by atoms with van der Waals surface area (Å²) in [7, 11) is 0. The van der Waals surface area contributed by atoms with Crippen LogP contribution in [0.3, 0.4) is 0 Å². The maximum atomic E-state index is 11.8. The fourth-order valence-electron chi connectivity index (χ4n) is 1.98. The molecular weight excluding hydrogens is 320 g/mol. The Morgan fingerprint density at radius 1 is 1.18 bits per heavy atom. The lowest BCUT2D eigenvalue weighted by atomic mass is 10.1. The summed E-state index contributed by atoms with van der Waals surface area (Å²) in [5.41, 5.74) is 6.25. The average Bonchev–Trinajstić information content (AvgIpc) is 2.95. The standard InChI is InChI=1S/C15H19ClN4OS/c16-12-8-5-4-7-11(12)14-19-20-15(22-14)18-13(21)9-3-1-2-6-10-17/h4-5,7-8H,1-3,6,9-10,17H2,(H,18,20,21). The molecule has 118 valence electrons. The highest BCUT2D eigenvalue weighted by Crippen LogP contribution is 2.31. The van der Waals surface area contributed by atoms with Gasteiger partial charge in [-0.1, -0.05) is 54.0 Å². The molecule has 0 saturated heterocycles. The Morgan fingerprint density at radius 3 is 2.73 bits per heavy atom. The number of nitrogens with zero attached hydrogens (tertiary/aromatic N) is 2. The van der Waals surface area contributed by atoms with E-state index in [4.69, 9.17) is 17.3 Å². The third kappa shape index (κ3) is 5.05. The molecule has 1 amide bonds. The van der Waals surface area contributed by atoms with Gasteiger partial charge >= 0.3 is 0 Å². The Balaban J connectivity index is 1.84. The molecule has 3 N–H and O–H groups in total. The highest BCUT2D eigenvalue weighted by atomic mass is 35.5. The van der Waals surface area contributed by atoms with Crippen molar-refractivity contribution in [1.29, 1.82) is 0 Å². The predicted molar refractivity (Wildman–Crippen MR) is 91.1 cm³/mol. The highest BCUT2D eigenvalue weighted by Gasteiger charge is 2.11. The lowest BCUT2D eigenvalue weighted by Gasteiger charge is -2.01. The molecule has 0 radical (unpaired) electrons. The number of nitrogens with two attached hydrogens (primary N) is 1. The number of carbonyl (C=O) groups excluding carboxylic acids is 1. The lowest BCUT2D eigenvalue weighted by Crippen LogP contribution is -2.10. The minimum atomic E-state index is -0.0328. The molecule has 0 aliphatic rings. The van der Waals surface area contributed by atoms with Gasteiger partial charge in [-0.3, -0.25) is 4.79 Å². The van der Waals surface area contributed by atoms with Crippen LogP contribution in [0.5, 0.6) is 0 Å². The van der Waals surface area contributed by atoms with Crippen molar-refractivity contribution in [2.45, 2.75) is 32.1 Å². The minimum absolute atomic E-state index is 0.0328. The lowest BCUT2D eigenvalue weighted by molar-refractivity contribution is -0.116. The van der Waals surface area contributed by atoms with Crippen LogP contribution >= 0.6 is 22.9 Å². The van der Waals surface area contributed by atoms with E-state index in [1.54, 1.807) is 6.07 Å². The molecule has 22 heavy (non-hydrogen) atoms. The van der Waals surface area contributed by atoms with E-state index in [1.165, 1.54) is 11.3 Å². The molecular formula is C15H19ClN4OS. The summed E-state index contributed by atoms with van der Waals surface area (Å²) in [6, 6.07) is 7.44. The van der Waals surface area contributed by atoms with E-state index in [1.807, 2.05) is 18.2 Å². The number of unbranched alkanes of at least 4 members (excludes halogenated alkanes) is 3. The van der Waals surface area contributed by atoms with Gasteiger partial charge in [0.25, 0.3) is 0 Å². The Morgan fingerprint density at radius 2 is 1.95 bits per heavy atom. The van der Waals surface area contributed by atoms with Crippen molar-refractivity contribution in [3.63, 3.8) is 0 Å². The molecule has 0 atom stereocenters. The predicted octanol–water partition coefficient (Wildman–Crippen LogP) is 3.71. The Kier molecular flexibility index (Phi) is 6.76. The molecule has 7 heteroatoms. The van der Waals surface area contributed by atoms with E-state index in [-0.39, 0.29) is 5.91 Å².